The second kappa shape index (κ2) is 9.45. The summed E-state index contributed by atoms with van der Waals surface area (Å²) in [5.74, 6) is -0.852. The Morgan fingerprint density at radius 2 is 1.83 bits per heavy atom. The lowest BCUT2D eigenvalue weighted by Gasteiger charge is -2.60. The fourth-order valence-electron chi connectivity index (χ4n) is 8.17. The minimum Gasteiger partial charge on any atom is -0.457 e. The second-order valence-corrected chi connectivity index (χ2v) is 11.6. The van der Waals surface area contributed by atoms with Gasteiger partial charge in [0.1, 0.15) is 0 Å². The van der Waals surface area contributed by atoms with Crippen molar-refractivity contribution in [2.24, 2.45) is 28.6 Å². The molecule has 2 unspecified atom stereocenters. The van der Waals surface area contributed by atoms with Crippen LogP contribution in [0.2, 0.25) is 0 Å². The van der Waals surface area contributed by atoms with Crippen LogP contribution >= 0.6 is 0 Å². The number of carbonyl (C=O) groups excluding carboxylic acids is 4. The van der Waals surface area contributed by atoms with Crippen LogP contribution in [-0.2, 0) is 28.7 Å². The molecule has 0 aromatic heterocycles. The second-order valence-electron chi connectivity index (χ2n) is 11.6. The highest BCUT2D eigenvalue weighted by atomic mass is 16.6. The van der Waals surface area contributed by atoms with E-state index in [0.717, 1.165) is 24.8 Å². The van der Waals surface area contributed by atoms with Gasteiger partial charge in [-0.3, -0.25) is 19.2 Å². The van der Waals surface area contributed by atoms with Gasteiger partial charge < -0.3 is 14.6 Å². The summed E-state index contributed by atoms with van der Waals surface area (Å²) in [6.45, 7) is 7.30. The normalized spacial score (nSPS) is 40.1. The highest BCUT2D eigenvalue weighted by Crippen LogP contribution is 2.68. The predicted octanol–water partition coefficient (Wildman–Crippen LogP) is 4.09. The van der Waals surface area contributed by atoms with E-state index in [1.165, 1.54) is 0 Å². The Hall–Kier alpha value is -2.02. The van der Waals surface area contributed by atoms with E-state index in [1.54, 1.807) is 13.0 Å². The molecule has 0 heterocycles. The number of Topliss-reactive ketones (excluding diaryl/α,β-unsaturated/α-hetero) is 1. The first-order valence-corrected chi connectivity index (χ1v) is 13.3. The molecule has 0 spiro atoms. The largest absolute Gasteiger partial charge is 0.457 e. The molecule has 0 radical (unpaired) electrons. The molecule has 7 nitrogen and oxygen atoms in total. The number of aliphatic hydroxyl groups excluding tert-OH is 1. The zero-order chi connectivity index (χ0) is 25.6. The summed E-state index contributed by atoms with van der Waals surface area (Å²) in [5, 5.41) is 11.6. The molecule has 0 bridgehead atoms. The number of ether oxygens (including phenoxy) is 2. The van der Waals surface area contributed by atoms with Gasteiger partial charge in [0.25, 0.3) is 0 Å². The number of rotatable bonds is 7. The van der Waals surface area contributed by atoms with E-state index >= 15 is 0 Å². The van der Waals surface area contributed by atoms with Crippen LogP contribution in [0, 0.1) is 28.6 Å². The molecule has 0 aliphatic heterocycles. The smallest absolute Gasteiger partial charge is 0.306 e. The number of hydrogen-bond donors (Lipinski definition) is 1. The van der Waals surface area contributed by atoms with Crippen LogP contribution in [-0.4, -0.2) is 46.9 Å². The lowest BCUT2D eigenvalue weighted by atomic mass is 9.45. The lowest BCUT2D eigenvalue weighted by Crippen LogP contribution is -2.63. The van der Waals surface area contributed by atoms with E-state index in [2.05, 4.69) is 6.92 Å². The summed E-state index contributed by atoms with van der Waals surface area (Å²) >= 11 is 0. The minimum absolute atomic E-state index is 0.00356. The number of esters is 2. The van der Waals surface area contributed by atoms with E-state index < -0.39 is 35.7 Å². The van der Waals surface area contributed by atoms with Crippen molar-refractivity contribution in [2.75, 3.05) is 6.61 Å². The maximum Gasteiger partial charge on any atom is 0.306 e. The van der Waals surface area contributed by atoms with E-state index in [-0.39, 0.29) is 47.6 Å². The van der Waals surface area contributed by atoms with Crippen molar-refractivity contribution >= 4 is 23.5 Å². The summed E-state index contributed by atoms with van der Waals surface area (Å²) < 4.78 is 11.3. The lowest BCUT2D eigenvalue weighted by molar-refractivity contribution is -0.203. The number of fused-ring (bicyclic) bond motifs is 5. The maximum atomic E-state index is 13.7. The predicted molar refractivity (Wildman–Crippen MR) is 128 cm³/mol. The summed E-state index contributed by atoms with van der Waals surface area (Å²) in [4.78, 5) is 50.4. The van der Waals surface area contributed by atoms with Crippen LogP contribution in [0.4, 0.5) is 0 Å². The van der Waals surface area contributed by atoms with E-state index in [1.807, 2.05) is 13.8 Å². The van der Waals surface area contributed by atoms with Gasteiger partial charge in [-0.1, -0.05) is 33.3 Å². The molecule has 0 aromatic carbocycles. The van der Waals surface area contributed by atoms with Gasteiger partial charge in [-0.2, -0.15) is 0 Å². The standard InChI is InChI=1S/C28H40O7/c1-5-7-24(33)35-28(22(31)16-34-23(32)6-2)13-11-20-19-9-8-17-14-18(29)10-12-26(17,3)25(19)21(30)15-27(20,28)4/h14,19-21,25,30H,5-13,15-16H2,1-4H3/t19-,20-,21?,25?,26-,27-,28-/m0/s1. The van der Waals surface area contributed by atoms with Crippen LogP contribution in [0.1, 0.15) is 91.9 Å². The first-order chi connectivity index (χ1) is 16.5. The summed E-state index contributed by atoms with van der Waals surface area (Å²) in [6.07, 6.45) is 6.41. The van der Waals surface area contributed by atoms with Crippen molar-refractivity contribution in [1.29, 1.82) is 0 Å². The third kappa shape index (κ3) is 4.08. The van der Waals surface area contributed by atoms with Crippen LogP contribution in [0.15, 0.2) is 11.6 Å². The van der Waals surface area contributed by atoms with Gasteiger partial charge in [-0.25, -0.2) is 0 Å². The average Bonchev–Trinajstić information content (AvgIpc) is 3.09. The Bertz CT molecular complexity index is 938. The Morgan fingerprint density at radius 3 is 2.51 bits per heavy atom. The molecule has 7 heteroatoms. The number of hydrogen-bond acceptors (Lipinski definition) is 7. The van der Waals surface area contributed by atoms with Crippen molar-refractivity contribution < 1.29 is 33.8 Å². The molecule has 4 aliphatic carbocycles. The molecule has 194 valence electrons. The number of aliphatic hydroxyl groups is 1. The van der Waals surface area contributed by atoms with Crippen LogP contribution in [0.5, 0.6) is 0 Å². The molecule has 3 saturated carbocycles. The van der Waals surface area contributed by atoms with Gasteiger partial charge in [0.05, 0.1) is 6.10 Å². The monoisotopic (exact) mass is 488 g/mol. The SMILES string of the molecule is CCCC(=O)O[C@]1(C(=O)COC(=O)CC)CC[C@H]2[C@@H]3CCC4=CC(=O)CC[C@]4(C)C3C(O)C[C@@]21C. The van der Waals surface area contributed by atoms with Crippen LogP contribution in [0.3, 0.4) is 0 Å². The van der Waals surface area contributed by atoms with E-state index in [4.69, 9.17) is 9.47 Å². The number of allylic oxidation sites excluding steroid dienone is 1. The zero-order valence-corrected chi connectivity index (χ0v) is 21.6. The Balaban J connectivity index is 1.70. The van der Waals surface area contributed by atoms with Crippen LogP contribution < -0.4 is 0 Å². The first kappa shape index (κ1) is 26.1. The van der Waals surface area contributed by atoms with Gasteiger partial charge in [0.15, 0.2) is 18.0 Å². The fraction of sp³-hybridized carbons (Fsp3) is 0.786. The molecule has 0 amide bonds. The van der Waals surface area contributed by atoms with Gasteiger partial charge in [0, 0.05) is 24.7 Å². The van der Waals surface area contributed by atoms with Crippen LogP contribution in [0.25, 0.3) is 0 Å². The van der Waals surface area contributed by atoms with Crippen molar-refractivity contribution in [3.8, 4) is 0 Å². The highest BCUT2D eigenvalue weighted by molar-refractivity contribution is 5.93. The molecule has 3 fully saturated rings. The molecule has 35 heavy (non-hydrogen) atoms. The topological polar surface area (TPSA) is 107 Å². The number of carbonyl (C=O) groups is 4. The number of ketones is 2. The quantitative estimate of drug-likeness (QED) is 0.538. The third-order valence-corrected chi connectivity index (χ3v) is 9.86. The summed E-state index contributed by atoms with van der Waals surface area (Å²) in [5.41, 5.74) is -1.25. The molecule has 4 aliphatic rings. The first-order valence-electron chi connectivity index (χ1n) is 13.3. The maximum absolute atomic E-state index is 13.7. The van der Waals surface area contributed by atoms with Gasteiger partial charge in [0.2, 0.25) is 5.78 Å². The minimum atomic E-state index is -1.41. The Labute approximate surface area is 208 Å². The molecule has 0 saturated heterocycles. The fourth-order valence-corrected chi connectivity index (χ4v) is 8.17. The molecular weight excluding hydrogens is 448 g/mol. The molecule has 0 aromatic rings. The van der Waals surface area contributed by atoms with Gasteiger partial charge in [-0.05, 0) is 74.2 Å². The van der Waals surface area contributed by atoms with Crippen molar-refractivity contribution in [2.45, 2.75) is 104 Å². The third-order valence-electron chi connectivity index (χ3n) is 9.86. The van der Waals surface area contributed by atoms with Crippen molar-refractivity contribution in [1.82, 2.24) is 0 Å². The van der Waals surface area contributed by atoms with Crippen molar-refractivity contribution in [3.63, 3.8) is 0 Å². The summed E-state index contributed by atoms with van der Waals surface area (Å²) in [6, 6.07) is 0. The van der Waals surface area contributed by atoms with E-state index in [0.29, 0.717) is 32.1 Å². The average molecular weight is 489 g/mol. The Kier molecular flexibility index (Phi) is 7.04. The molecule has 1 N–H and O–H groups in total. The van der Waals surface area contributed by atoms with Crippen molar-refractivity contribution in [3.05, 3.63) is 11.6 Å². The molecule has 7 atom stereocenters. The summed E-state index contributed by atoms with van der Waals surface area (Å²) in [7, 11) is 0. The Morgan fingerprint density at radius 1 is 1.09 bits per heavy atom. The van der Waals surface area contributed by atoms with Gasteiger partial charge in [-0.15, -0.1) is 0 Å². The highest BCUT2D eigenvalue weighted by Gasteiger charge is 2.70. The zero-order valence-electron chi connectivity index (χ0n) is 21.6. The van der Waals surface area contributed by atoms with E-state index in [9.17, 15) is 24.3 Å². The van der Waals surface area contributed by atoms with Gasteiger partial charge >= 0.3 is 11.9 Å². The molecule has 4 rings (SSSR count). The molecular formula is C28H40O7.